The zero-order valence-electron chi connectivity index (χ0n) is 17.5. The number of esters is 1. The monoisotopic (exact) mass is 431 g/mol. The van der Waals surface area contributed by atoms with Crippen molar-refractivity contribution < 1.29 is 19.1 Å². The molecule has 2 aromatic rings. The van der Waals surface area contributed by atoms with Crippen LogP contribution in [0.15, 0.2) is 24.3 Å². The first kappa shape index (κ1) is 22.1. The van der Waals surface area contributed by atoms with Gasteiger partial charge in [0.2, 0.25) is 5.91 Å². The largest absolute Gasteiger partial charge is 0.465 e. The minimum atomic E-state index is -0.549. The van der Waals surface area contributed by atoms with E-state index in [2.05, 4.69) is 9.88 Å². The second-order valence-corrected chi connectivity index (χ2v) is 7.92. The summed E-state index contributed by atoms with van der Waals surface area (Å²) >= 11 is 5.94. The van der Waals surface area contributed by atoms with Crippen LogP contribution in [0.5, 0.6) is 0 Å². The van der Waals surface area contributed by atoms with Crippen LogP contribution in [0.4, 0.5) is 0 Å². The normalized spacial score (nSPS) is 14.6. The number of nitrogens with zero attached hydrogens (tertiary/aromatic N) is 2. The standard InChI is InChI=1S/C22H26ClN3O4/c1-14-20(22(29)30-3)18(24-21(14)15(2)27)12-19(28)26-10-8-25(9-11-26)13-16-4-6-17(23)7-5-16/h4-7,24H,8-13H2,1-3H3. The molecule has 0 saturated carbocycles. The highest BCUT2D eigenvalue weighted by Gasteiger charge is 2.27. The fourth-order valence-electron chi connectivity index (χ4n) is 3.79. The SMILES string of the molecule is COC(=O)c1c(CC(=O)N2CCN(Cc3ccc(Cl)cc3)CC2)[nH]c(C(C)=O)c1C. The Labute approximate surface area is 180 Å². The fourth-order valence-corrected chi connectivity index (χ4v) is 3.91. The van der Waals surface area contributed by atoms with Gasteiger partial charge in [-0.05, 0) is 30.2 Å². The molecular weight excluding hydrogens is 406 g/mol. The summed E-state index contributed by atoms with van der Waals surface area (Å²) < 4.78 is 4.85. The van der Waals surface area contributed by atoms with Crippen molar-refractivity contribution in [2.45, 2.75) is 26.8 Å². The molecule has 2 heterocycles. The van der Waals surface area contributed by atoms with Crippen molar-refractivity contribution in [2.24, 2.45) is 0 Å². The summed E-state index contributed by atoms with van der Waals surface area (Å²) in [6, 6.07) is 7.77. The molecule has 160 valence electrons. The summed E-state index contributed by atoms with van der Waals surface area (Å²) in [7, 11) is 1.29. The zero-order chi connectivity index (χ0) is 21.8. The fraction of sp³-hybridized carbons (Fsp3) is 0.409. The quantitative estimate of drug-likeness (QED) is 0.561. The Morgan fingerprint density at radius 3 is 2.30 bits per heavy atom. The third-order valence-electron chi connectivity index (χ3n) is 5.44. The zero-order valence-corrected chi connectivity index (χ0v) is 18.2. The third-order valence-corrected chi connectivity index (χ3v) is 5.69. The van der Waals surface area contributed by atoms with Crippen molar-refractivity contribution in [3.63, 3.8) is 0 Å². The van der Waals surface area contributed by atoms with E-state index in [4.69, 9.17) is 16.3 Å². The lowest BCUT2D eigenvalue weighted by Crippen LogP contribution is -2.48. The number of rotatable bonds is 6. The molecule has 1 fully saturated rings. The molecule has 1 N–H and O–H groups in total. The number of nitrogens with one attached hydrogen (secondary N) is 1. The number of aromatic nitrogens is 1. The second kappa shape index (κ2) is 9.45. The maximum atomic E-state index is 12.9. The number of methoxy groups -OCH3 is 1. The predicted octanol–water partition coefficient (Wildman–Crippen LogP) is 2.85. The van der Waals surface area contributed by atoms with Crippen LogP contribution >= 0.6 is 11.6 Å². The number of ether oxygens (including phenoxy) is 1. The summed E-state index contributed by atoms with van der Waals surface area (Å²) in [4.78, 5) is 43.9. The summed E-state index contributed by atoms with van der Waals surface area (Å²) in [5.74, 6) is -0.818. The number of carbonyl (C=O) groups is 3. The molecule has 3 rings (SSSR count). The molecule has 8 heteroatoms. The Kier molecular flexibility index (Phi) is 6.95. The van der Waals surface area contributed by atoms with E-state index < -0.39 is 5.97 Å². The summed E-state index contributed by atoms with van der Waals surface area (Å²) in [6.07, 6.45) is 0.0235. The number of H-pyrrole nitrogens is 1. The van der Waals surface area contributed by atoms with Crippen LogP contribution in [-0.2, 0) is 22.5 Å². The molecule has 0 unspecified atom stereocenters. The average molecular weight is 432 g/mol. The third kappa shape index (κ3) is 4.91. The van der Waals surface area contributed by atoms with Crippen LogP contribution in [0.2, 0.25) is 5.02 Å². The van der Waals surface area contributed by atoms with Gasteiger partial charge in [0.05, 0.1) is 24.8 Å². The van der Waals surface area contributed by atoms with E-state index in [1.54, 1.807) is 11.8 Å². The first-order chi connectivity index (χ1) is 14.3. The molecule has 1 amide bonds. The van der Waals surface area contributed by atoms with Crippen molar-refractivity contribution in [2.75, 3.05) is 33.3 Å². The van der Waals surface area contributed by atoms with Crippen molar-refractivity contribution in [1.29, 1.82) is 0 Å². The predicted molar refractivity (Wildman–Crippen MR) is 114 cm³/mol. The number of Topliss-reactive ketones (excluding diaryl/α,β-unsaturated/α-hetero) is 1. The molecule has 30 heavy (non-hydrogen) atoms. The van der Waals surface area contributed by atoms with E-state index in [-0.39, 0.29) is 23.7 Å². The van der Waals surface area contributed by atoms with Gasteiger partial charge in [-0.2, -0.15) is 0 Å². The Hall–Kier alpha value is -2.64. The van der Waals surface area contributed by atoms with Gasteiger partial charge in [-0.15, -0.1) is 0 Å². The van der Waals surface area contributed by atoms with Crippen molar-refractivity contribution in [1.82, 2.24) is 14.8 Å². The van der Waals surface area contributed by atoms with E-state index in [9.17, 15) is 14.4 Å². The minimum absolute atomic E-state index is 0.0235. The Morgan fingerprint density at radius 1 is 1.10 bits per heavy atom. The van der Waals surface area contributed by atoms with Gasteiger partial charge in [-0.1, -0.05) is 23.7 Å². The molecule has 1 aromatic carbocycles. The molecule has 0 bridgehead atoms. The molecule has 1 aliphatic rings. The molecule has 7 nitrogen and oxygen atoms in total. The summed E-state index contributed by atoms with van der Waals surface area (Å²) in [6.45, 7) is 6.66. The summed E-state index contributed by atoms with van der Waals surface area (Å²) in [5, 5.41) is 0.716. The molecule has 1 aromatic heterocycles. The number of halogens is 1. The number of hydrogen-bond donors (Lipinski definition) is 1. The maximum absolute atomic E-state index is 12.9. The Morgan fingerprint density at radius 2 is 1.73 bits per heavy atom. The number of aromatic amines is 1. The Balaban J connectivity index is 1.63. The number of piperazine rings is 1. The number of ketones is 1. The first-order valence-corrected chi connectivity index (χ1v) is 10.2. The number of amides is 1. The van der Waals surface area contributed by atoms with Gasteiger partial charge < -0.3 is 14.6 Å². The maximum Gasteiger partial charge on any atom is 0.339 e. The lowest BCUT2D eigenvalue weighted by Gasteiger charge is -2.34. The van der Waals surface area contributed by atoms with E-state index in [0.717, 1.165) is 19.6 Å². The smallest absolute Gasteiger partial charge is 0.339 e. The molecule has 1 aliphatic heterocycles. The molecule has 1 saturated heterocycles. The first-order valence-electron chi connectivity index (χ1n) is 9.85. The van der Waals surface area contributed by atoms with Gasteiger partial charge in [0.25, 0.3) is 0 Å². The van der Waals surface area contributed by atoms with Gasteiger partial charge in [-0.25, -0.2) is 4.79 Å². The van der Waals surface area contributed by atoms with Gasteiger partial charge >= 0.3 is 5.97 Å². The van der Waals surface area contributed by atoms with Gasteiger partial charge in [0.1, 0.15) is 0 Å². The molecule has 0 aliphatic carbocycles. The highest BCUT2D eigenvalue weighted by atomic mass is 35.5. The topological polar surface area (TPSA) is 82.7 Å². The van der Waals surface area contributed by atoms with Crippen molar-refractivity contribution >= 4 is 29.3 Å². The van der Waals surface area contributed by atoms with Gasteiger partial charge in [-0.3, -0.25) is 14.5 Å². The van der Waals surface area contributed by atoms with Crippen LogP contribution in [0.1, 0.15) is 44.6 Å². The molecule has 0 radical (unpaired) electrons. The van der Waals surface area contributed by atoms with Crippen LogP contribution in [0.25, 0.3) is 0 Å². The van der Waals surface area contributed by atoms with Crippen molar-refractivity contribution in [3.8, 4) is 0 Å². The van der Waals surface area contributed by atoms with E-state index in [1.807, 2.05) is 24.3 Å². The summed E-state index contributed by atoms with van der Waals surface area (Å²) in [5.41, 5.74) is 2.74. The van der Waals surface area contributed by atoms with Crippen LogP contribution in [0, 0.1) is 6.92 Å². The lowest BCUT2D eigenvalue weighted by atomic mass is 10.1. The number of carbonyl (C=O) groups excluding carboxylic acids is 3. The van der Waals surface area contributed by atoms with Crippen LogP contribution in [0.3, 0.4) is 0 Å². The highest BCUT2D eigenvalue weighted by Crippen LogP contribution is 2.21. The van der Waals surface area contributed by atoms with E-state index in [0.29, 0.717) is 35.1 Å². The average Bonchev–Trinajstić information content (AvgIpc) is 3.05. The van der Waals surface area contributed by atoms with Crippen LogP contribution < -0.4 is 0 Å². The van der Waals surface area contributed by atoms with E-state index >= 15 is 0 Å². The molecular formula is C22H26ClN3O4. The number of hydrogen-bond acceptors (Lipinski definition) is 5. The number of benzene rings is 1. The van der Waals surface area contributed by atoms with Gasteiger partial charge in [0, 0.05) is 50.4 Å². The molecule has 0 spiro atoms. The van der Waals surface area contributed by atoms with Gasteiger partial charge in [0.15, 0.2) is 5.78 Å². The van der Waals surface area contributed by atoms with Crippen molar-refractivity contribution in [3.05, 3.63) is 57.4 Å². The minimum Gasteiger partial charge on any atom is -0.465 e. The molecule has 0 atom stereocenters. The van der Waals surface area contributed by atoms with Crippen LogP contribution in [-0.4, -0.2) is 65.7 Å². The Bertz CT molecular complexity index is 944. The highest BCUT2D eigenvalue weighted by molar-refractivity contribution is 6.30. The lowest BCUT2D eigenvalue weighted by molar-refractivity contribution is -0.132. The van der Waals surface area contributed by atoms with E-state index in [1.165, 1.54) is 19.6 Å². The second-order valence-electron chi connectivity index (χ2n) is 7.49.